The van der Waals surface area contributed by atoms with Gasteiger partial charge in [-0.25, -0.2) is 9.78 Å². The fourth-order valence-electron chi connectivity index (χ4n) is 3.12. The molecule has 150 valence electrons. The molecule has 7 heteroatoms. The molecule has 0 bridgehead atoms. The van der Waals surface area contributed by atoms with E-state index in [9.17, 15) is 4.79 Å². The van der Waals surface area contributed by atoms with Crippen LogP contribution in [0.2, 0.25) is 0 Å². The molecule has 0 saturated carbocycles. The van der Waals surface area contributed by atoms with E-state index in [1.807, 2.05) is 31.2 Å². The van der Waals surface area contributed by atoms with E-state index < -0.39 is 0 Å². The van der Waals surface area contributed by atoms with Crippen LogP contribution in [0, 0.1) is 0 Å². The van der Waals surface area contributed by atoms with Gasteiger partial charge in [0.25, 0.3) is 0 Å². The number of nitrogens with one attached hydrogen (secondary N) is 2. The summed E-state index contributed by atoms with van der Waals surface area (Å²) in [7, 11) is 0. The molecule has 0 radical (unpaired) electrons. The first-order valence-corrected chi connectivity index (χ1v) is 9.71. The number of nitrogens with zero attached hydrogens (tertiary/aromatic N) is 2. The van der Waals surface area contributed by atoms with E-state index in [1.165, 1.54) is 5.56 Å². The lowest BCUT2D eigenvalue weighted by atomic mass is 10.1. The van der Waals surface area contributed by atoms with Gasteiger partial charge in [0.05, 0.1) is 19.8 Å². The minimum Gasteiger partial charge on any atom is -0.478 e. The summed E-state index contributed by atoms with van der Waals surface area (Å²) in [5.41, 5.74) is 3.21. The lowest BCUT2D eigenvalue weighted by Gasteiger charge is -2.27. The van der Waals surface area contributed by atoms with Crippen molar-refractivity contribution in [2.75, 3.05) is 32.9 Å². The summed E-state index contributed by atoms with van der Waals surface area (Å²) < 4.78 is 10.9. The van der Waals surface area contributed by atoms with Gasteiger partial charge in [-0.3, -0.25) is 4.90 Å². The largest absolute Gasteiger partial charge is 0.478 e. The van der Waals surface area contributed by atoms with Crippen molar-refractivity contribution in [3.8, 4) is 5.88 Å². The summed E-state index contributed by atoms with van der Waals surface area (Å²) in [5.74, 6) is 0.557. The first-order valence-electron chi connectivity index (χ1n) is 9.71. The van der Waals surface area contributed by atoms with Crippen molar-refractivity contribution in [1.82, 2.24) is 20.5 Å². The van der Waals surface area contributed by atoms with E-state index in [2.05, 4.69) is 32.7 Å². The Labute approximate surface area is 166 Å². The number of aromatic nitrogens is 1. The fraction of sp³-hybridized carbons (Fsp3) is 0.429. The van der Waals surface area contributed by atoms with Crippen molar-refractivity contribution in [2.45, 2.75) is 26.6 Å². The maximum absolute atomic E-state index is 12.2. The average molecular weight is 384 g/mol. The van der Waals surface area contributed by atoms with Crippen LogP contribution in [-0.2, 0) is 24.4 Å². The molecule has 2 N–H and O–H groups in total. The zero-order chi connectivity index (χ0) is 19.6. The Kier molecular flexibility index (Phi) is 7.63. The second-order valence-corrected chi connectivity index (χ2v) is 6.59. The molecule has 28 heavy (non-hydrogen) atoms. The van der Waals surface area contributed by atoms with E-state index in [0.717, 1.165) is 44.0 Å². The third kappa shape index (κ3) is 5.94. The zero-order valence-corrected chi connectivity index (χ0v) is 16.3. The average Bonchev–Trinajstić information content (AvgIpc) is 2.73. The predicted octanol–water partition coefficient (Wildman–Crippen LogP) is 2.31. The Balaban J connectivity index is 1.51. The van der Waals surface area contributed by atoms with E-state index in [-0.39, 0.29) is 6.03 Å². The molecule has 1 aromatic heterocycles. The highest BCUT2D eigenvalue weighted by molar-refractivity contribution is 5.73. The number of morpholine rings is 1. The summed E-state index contributed by atoms with van der Waals surface area (Å²) in [6.07, 6.45) is 1.68. The number of hydrogen-bond acceptors (Lipinski definition) is 5. The number of hydrogen-bond donors (Lipinski definition) is 2. The minimum atomic E-state index is -0.215. The quantitative estimate of drug-likeness (QED) is 0.731. The van der Waals surface area contributed by atoms with Crippen LogP contribution in [-0.4, -0.2) is 48.8 Å². The number of amides is 2. The van der Waals surface area contributed by atoms with Crippen LogP contribution in [0.5, 0.6) is 5.88 Å². The van der Waals surface area contributed by atoms with Gasteiger partial charge in [0, 0.05) is 44.5 Å². The number of benzene rings is 1. The predicted molar refractivity (Wildman–Crippen MR) is 107 cm³/mol. The smallest absolute Gasteiger partial charge is 0.315 e. The van der Waals surface area contributed by atoms with Crippen LogP contribution in [0.3, 0.4) is 0 Å². The van der Waals surface area contributed by atoms with Crippen molar-refractivity contribution in [2.24, 2.45) is 0 Å². The van der Waals surface area contributed by atoms with Crippen LogP contribution >= 0.6 is 0 Å². The molecule has 1 saturated heterocycles. The third-order valence-corrected chi connectivity index (χ3v) is 4.63. The van der Waals surface area contributed by atoms with Gasteiger partial charge < -0.3 is 20.1 Å². The molecule has 2 aromatic rings. The molecule has 1 aliphatic rings. The van der Waals surface area contributed by atoms with E-state index in [0.29, 0.717) is 25.6 Å². The highest BCUT2D eigenvalue weighted by Crippen LogP contribution is 2.14. The Morgan fingerprint density at radius 3 is 2.50 bits per heavy atom. The Morgan fingerprint density at radius 2 is 1.75 bits per heavy atom. The highest BCUT2D eigenvalue weighted by atomic mass is 16.5. The summed E-state index contributed by atoms with van der Waals surface area (Å²) in [5, 5.41) is 5.82. The van der Waals surface area contributed by atoms with Crippen LogP contribution in [0.15, 0.2) is 42.6 Å². The maximum Gasteiger partial charge on any atom is 0.315 e. The fourth-order valence-corrected chi connectivity index (χ4v) is 3.12. The third-order valence-electron chi connectivity index (χ3n) is 4.63. The zero-order valence-electron chi connectivity index (χ0n) is 16.3. The molecule has 0 aliphatic carbocycles. The first-order chi connectivity index (χ1) is 13.8. The normalized spacial score (nSPS) is 14.5. The van der Waals surface area contributed by atoms with E-state index >= 15 is 0 Å². The van der Waals surface area contributed by atoms with E-state index in [1.54, 1.807) is 6.20 Å². The van der Waals surface area contributed by atoms with Crippen LogP contribution < -0.4 is 15.4 Å². The van der Waals surface area contributed by atoms with Gasteiger partial charge in [0.2, 0.25) is 5.88 Å². The van der Waals surface area contributed by atoms with E-state index in [4.69, 9.17) is 9.47 Å². The lowest BCUT2D eigenvalue weighted by Crippen LogP contribution is -2.37. The molecule has 0 spiro atoms. The number of pyridine rings is 1. The van der Waals surface area contributed by atoms with Crippen molar-refractivity contribution in [1.29, 1.82) is 0 Å². The molecule has 3 rings (SSSR count). The van der Waals surface area contributed by atoms with Gasteiger partial charge in [0.15, 0.2) is 0 Å². The van der Waals surface area contributed by atoms with Gasteiger partial charge in [-0.15, -0.1) is 0 Å². The molecular weight excluding hydrogens is 356 g/mol. The molecule has 1 aliphatic heterocycles. The number of carbonyl (C=O) groups excluding carboxylic acids is 1. The molecular formula is C21H28N4O3. The van der Waals surface area contributed by atoms with Crippen molar-refractivity contribution < 1.29 is 14.3 Å². The SMILES string of the molecule is CCOc1ncccc1CNC(=O)NCc1ccccc1CN1CCOCC1. The summed E-state index contributed by atoms with van der Waals surface area (Å²) in [6.45, 7) is 7.61. The van der Waals surface area contributed by atoms with Crippen LogP contribution in [0.4, 0.5) is 4.79 Å². The van der Waals surface area contributed by atoms with Gasteiger partial charge in [-0.05, 0) is 24.1 Å². The monoisotopic (exact) mass is 384 g/mol. The molecule has 2 heterocycles. The van der Waals surface area contributed by atoms with Gasteiger partial charge >= 0.3 is 6.03 Å². The van der Waals surface area contributed by atoms with Gasteiger partial charge in [-0.1, -0.05) is 30.3 Å². The number of urea groups is 1. The summed E-state index contributed by atoms with van der Waals surface area (Å²) in [4.78, 5) is 18.8. The molecule has 1 aromatic carbocycles. The molecule has 0 atom stereocenters. The highest BCUT2D eigenvalue weighted by Gasteiger charge is 2.13. The van der Waals surface area contributed by atoms with Crippen molar-refractivity contribution in [3.05, 3.63) is 59.3 Å². The summed E-state index contributed by atoms with van der Waals surface area (Å²) >= 11 is 0. The number of ether oxygens (including phenoxy) is 2. The Bertz CT molecular complexity index is 763. The topological polar surface area (TPSA) is 75.7 Å². The Morgan fingerprint density at radius 1 is 1.07 bits per heavy atom. The molecule has 7 nitrogen and oxygen atoms in total. The standard InChI is InChI=1S/C21H28N4O3/c1-2-28-20-18(8-5-9-22-20)15-24-21(26)23-14-17-6-3-4-7-19(17)16-25-10-12-27-13-11-25/h3-9H,2,10-16H2,1H3,(H2,23,24,26). The first kappa shape index (κ1) is 20.1. The second-order valence-electron chi connectivity index (χ2n) is 6.59. The van der Waals surface area contributed by atoms with Crippen molar-refractivity contribution in [3.63, 3.8) is 0 Å². The lowest BCUT2D eigenvalue weighted by molar-refractivity contribution is 0.0341. The number of carbonyl (C=O) groups is 1. The van der Waals surface area contributed by atoms with Gasteiger partial charge in [-0.2, -0.15) is 0 Å². The minimum absolute atomic E-state index is 0.215. The van der Waals surface area contributed by atoms with Gasteiger partial charge in [0.1, 0.15) is 0 Å². The molecule has 1 fully saturated rings. The molecule has 2 amide bonds. The number of rotatable bonds is 8. The Hall–Kier alpha value is -2.64. The van der Waals surface area contributed by atoms with Crippen LogP contribution in [0.1, 0.15) is 23.6 Å². The molecule has 0 unspecified atom stereocenters. The van der Waals surface area contributed by atoms with Crippen molar-refractivity contribution >= 4 is 6.03 Å². The second kappa shape index (κ2) is 10.6. The van der Waals surface area contributed by atoms with Crippen LogP contribution in [0.25, 0.3) is 0 Å². The summed E-state index contributed by atoms with van der Waals surface area (Å²) in [6, 6.07) is 11.7. The maximum atomic E-state index is 12.2.